The average Bonchev–Trinajstić information content (AvgIpc) is 2.84. The molecule has 3 aromatic rings. The van der Waals surface area contributed by atoms with Gasteiger partial charge in [0, 0.05) is 5.56 Å². The van der Waals surface area contributed by atoms with Gasteiger partial charge in [0.25, 0.3) is 0 Å². The summed E-state index contributed by atoms with van der Waals surface area (Å²) in [6.07, 6.45) is 0. The van der Waals surface area contributed by atoms with Crippen LogP contribution in [-0.2, 0) is 6.54 Å². The van der Waals surface area contributed by atoms with Crippen molar-refractivity contribution in [3.8, 4) is 5.75 Å². The van der Waals surface area contributed by atoms with Gasteiger partial charge in [-0.1, -0.05) is 12.1 Å². The Hall–Kier alpha value is -2.82. The van der Waals surface area contributed by atoms with Crippen LogP contribution >= 0.6 is 0 Å². The lowest BCUT2D eigenvalue weighted by Crippen LogP contribution is -2.18. The second-order valence-corrected chi connectivity index (χ2v) is 4.92. The predicted molar refractivity (Wildman–Crippen MR) is 82.4 cm³/mol. The standard InChI is InChI=1S/C17H15NO4/c1-12(19)13-6-8-14(9-7-13)21-11-10-18-15-4-2-3-5-16(15)22-17(18)20/h2-9H,10-11H2,1H3. The maximum absolute atomic E-state index is 11.8. The molecule has 1 aromatic heterocycles. The zero-order valence-electron chi connectivity index (χ0n) is 12.1. The molecule has 2 aromatic carbocycles. The number of para-hydroxylation sites is 2. The van der Waals surface area contributed by atoms with E-state index in [1.165, 1.54) is 6.92 Å². The Morgan fingerprint density at radius 2 is 1.86 bits per heavy atom. The molecule has 0 amide bonds. The fourth-order valence-electron chi connectivity index (χ4n) is 2.27. The molecule has 0 saturated heterocycles. The van der Waals surface area contributed by atoms with E-state index in [-0.39, 0.29) is 5.78 Å². The maximum Gasteiger partial charge on any atom is 0.420 e. The Morgan fingerprint density at radius 3 is 2.59 bits per heavy atom. The molecule has 0 N–H and O–H groups in total. The molecule has 1 heterocycles. The molecule has 0 aliphatic heterocycles. The normalized spacial score (nSPS) is 10.8. The summed E-state index contributed by atoms with van der Waals surface area (Å²) < 4.78 is 12.3. The number of hydrogen-bond donors (Lipinski definition) is 0. The van der Waals surface area contributed by atoms with E-state index in [0.29, 0.717) is 30.0 Å². The van der Waals surface area contributed by atoms with Crippen molar-refractivity contribution in [2.75, 3.05) is 6.61 Å². The number of carbonyl (C=O) groups is 1. The third kappa shape index (κ3) is 2.79. The Kier molecular flexibility index (Phi) is 3.78. The largest absolute Gasteiger partial charge is 0.492 e. The van der Waals surface area contributed by atoms with Gasteiger partial charge in [-0.25, -0.2) is 4.79 Å². The molecule has 112 valence electrons. The number of fused-ring (bicyclic) bond motifs is 1. The molecule has 0 fully saturated rings. The zero-order valence-corrected chi connectivity index (χ0v) is 12.1. The van der Waals surface area contributed by atoms with Gasteiger partial charge in [-0.15, -0.1) is 0 Å². The summed E-state index contributed by atoms with van der Waals surface area (Å²) in [7, 11) is 0. The topological polar surface area (TPSA) is 61.4 Å². The van der Waals surface area contributed by atoms with Crippen LogP contribution in [0.3, 0.4) is 0 Å². The first-order chi connectivity index (χ1) is 10.6. The fraction of sp³-hybridized carbons (Fsp3) is 0.176. The molecule has 0 atom stereocenters. The number of rotatable bonds is 5. The number of carbonyl (C=O) groups excluding carboxylic acids is 1. The van der Waals surface area contributed by atoms with Crippen LogP contribution in [0.15, 0.2) is 57.7 Å². The lowest BCUT2D eigenvalue weighted by Gasteiger charge is -2.07. The Morgan fingerprint density at radius 1 is 1.14 bits per heavy atom. The molecule has 0 radical (unpaired) electrons. The van der Waals surface area contributed by atoms with E-state index < -0.39 is 5.76 Å². The second-order valence-electron chi connectivity index (χ2n) is 4.92. The second kappa shape index (κ2) is 5.89. The van der Waals surface area contributed by atoms with Crippen molar-refractivity contribution in [2.24, 2.45) is 0 Å². The highest BCUT2D eigenvalue weighted by molar-refractivity contribution is 5.94. The maximum atomic E-state index is 11.8. The number of hydrogen-bond acceptors (Lipinski definition) is 4. The molecule has 0 aliphatic carbocycles. The highest BCUT2D eigenvalue weighted by Gasteiger charge is 2.08. The molecule has 3 rings (SSSR count). The van der Waals surface area contributed by atoms with Gasteiger partial charge >= 0.3 is 5.76 Å². The van der Waals surface area contributed by atoms with Crippen molar-refractivity contribution >= 4 is 16.9 Å². The minimum absolute atomic E-state index is 0.0166. The molecule has 0 aliphatic rings. The van der Waals surface area contributed by atoms with Gasteiger partial charge in [0.1, 0.15) is 12.4 Å². The Bertz CT molecular complexity index is 858. The number of ketones is 1. The molecule has 0 spiro atoms. The quantitative estimate of drug-likeness (QED) is 0.679. The van der Waals surface area contributed by atoms with Crippen LogP contribution in [0, 0.1) is 0 Å². The molecule has 5 heteroatoms. The summed E-state index contributed by atoms with van der Waals surface area (Å²) in [6, 6.07) is 14.2. The van der Waals surface area contributed by atoms with E-state index in [1.807, 2.05) is 18.2 Å². The summed E-state index contributed by atoms with van der Waals surface area (Å²) in [5.41, 5.74) is 1.96. The lowest BCUT2D eigenvalue weighted by molar-refractivity contribution is 0.101. The van der Waals surface area contributed by atoms with E-state index in [4.69, 9.17) is 9.15 Å². The van der Waals surface area contributed by atoms with Crippen LogP contribution in [0.25, 0.3) is 11.1 Å². The van der Waals surface area contributed by atoms with E-state index in [2.05, 4.69) is 0 Å². The van der Waals surface area contributed by atoms with Crippen LogP contribution in [0.1, 0.15) is 17.3 Å². The molecular formula is C17H15NO4. The predicted octanol–water partition coefficient (Wildman–Crippen LogP) is 2.88. The van der Waals surface area contributed by atoms with Crippen molar-refractivity contribution in [2.45, 2.75) is 13.5 Å². The smallest absolute Gasteiger partial charge is 0.420 e. The summed E-state index contributed by atoms with van der Waals surface area (Å²) in [6.45, 7) is 2.25. The fourth-order valence-corrected chi connectivity index (χ4v) is 2.27. The first-order valence-corrected chi connectivity index (χ1v) is 6.97. The van der Waals surface area contributed by atoms with Gasteiger partial charge in [-0.05, 0) is 43.3 Å². The van der Waals surface area contributed by atoms with Crippen LogP contribution in [0.4, 0.5) is 0 Å². The minimum Gasteiger partial charge on any atom is -0.492 e. The van der Waals surface area contributed by atoms with Crippen LogP contribution in [0.5, 0.6) is 5.75 Å². The van der Waals surface area contributed by atoms with Gasteiger partial charge in [-0.2, -0.15) is 0 Å². The highest BCUT2D eigenvalue weighted by atomic mass is 16.5. The van der Waals surface area contributed by atoms with E-state index in [0.717, 1.165) is 5.52 Å². The minimum atomic E-state index is -0.392. The molecule has 22 heavy (non-hydrogen) atoms. The third-order valence-electron chi connectivity index (χ3n) is 3.42. The molecular weight excluding hydrogens is 282 g/mol. The van der Waals surface area contributed by atoms with Crippen LogP contribution in [-0.4, -0.2) is 17.0 Å². The van der Waals surface area contributed by atoms with Gasteiger partial charge < -0.3 is 9.15 Å². The Labute approximate surface area is 126 Å². The van der Waals surface area contributed by atoms with E-state index in [9.17, 15) is 9.59 Å². The molecule has 0 unspecified atom stereocenters. The summed E-state index contributed by atoms with van der Waals surface area (Å²) >= 11 is 0. The highest BCUT2D eigenvalue weighted by Crippen LogP contribution is 2.14. The van der Waals surface area contributed by atoms with E-state index in [1.54, 1.807) is 34.9 Å². The molecule has 0 saturated carbocycles. The lowest BCUT2D eigenvalue weighted by atomic mass is 10.1. The van der Waals surface area contributed by atoms with Gasteiger partial charge in [0.05, 0.1) is 12.1 Å². The third-order valence-corrected chi connectivity index (χ3v) is 3.42. The summed E-state index contributed by atoms with van der Waals surface area (Å²) in [4.78, 5) is 23.0. The number of ether oxygens (including phenoxy) is 1. The summed E-state index contributed by atoms with van der Waals surface area (Å²) in [5.74, 6) is 0.283. The number of aromatic nitrogens is 1. The number of Topliss-reactive ketones (excluding diaryl/α,β-unsaturated/α-hetero) is 1. The van der Waals surface area contributed by atoms with Gasteiger partial charge in [0.2, 0.25) is 0 Å². The first kappa shape index (κ1) is 14.1. The Balaban J connectivity index is 1.68. The zero-order chi connectivity index (χ0) is 15.5. The average molecular weight is 297 g/mol. The number of oxazole rings is 1. The molecule has 5 nitrogen and oxygen atoms in total. The van der Waals surface area contributed by atoms with Crippen LogP contribution in [0.2, 0.25) is 0 Å². The monoisotopic (exact) mass is 297 g/mol. The van der Waals surface area contributed by atoms with Crippen molar-refractivity contribution < 1.29 is 13.9 Å². The van der Waals surface area contributed by atoms with Crippen molar-refractivity contribution in [3.05, 3.63) is 64.6 Å². The van der Waals surface area contributed by atoms with Crippen molar-refractivity contribution in [1.82, 2.24) is 4.57 Å². The number of nitrogens with zero attached hydrogens (tertiary/aromatic N) is 1. The van der Waals surface area contributed by atoms with Gasteiger partial charge in [0.15, 0.2) is 11.4 Å². The van der Waals surface area contributed by atoms with Gasteiger partial charge in [-0.3, -0.25) is 9.36 Å². The SMILES string of the molecule is CC(=O)c1ccc(OCCn2c(=O)oc3ccccc32)cc1. The summed E-state index contributed by atoms with van der Waals surface area (Å²) in [5, 5.41) is 0. The molecule has 0 bridgehead atoms. The van der Waals surface area contributed by atoms with Crippen LogP contribution < -0.4 is 10.5 Å². The van der Waals surface area contributed by atoms with Crippen molar-refractivity contribution in [1.29, 1.82) is 0 Å². The first-order valence-electron chi connectivity index (χ1n) is 6.97. The number of benzene rings is 2. The van der Waals surface area contributed by atoms with E-state index >= 15 is 0 Å². The van der Waals surface area contributed by atoms with Crippen molar-refractivity contribution in [3.63, 3.8) is 0 Å².